The van der Waals surface area contributed by atoms with Crippen LogP contribution in [0, 0.1) is 0 Å². The average Bonchev–Trinajstić information content (AvgIpc) is 2.43. The lowest BCUT2D eigenvalue weighted by molar-refractivity contribution is 0.193. The zero-order valence-corrected chi connectivity index (χ0v) is 15.4. The van der Waals surface area contributed by atoms with Crippen molar-refractivity contribution in [2.75, 3.05) is 13.2 Å². The number of hydrogen-bond acceptors (Lipinski definition) is 3. The van der Waals surface area contributed by atoms with Crippen LogP contribution in [-0.4, -0.2) is 28.1 Å². The molecule has 0 saturated heterocycles. The minimum atomic E-state index is -4.25. The van der Waals surface area contributed by atoms with Gasteiger partial charge in [0.1, 0.15) is 0 Å². The lowest BCUT2D eigenvalue weighted by Gasteiger charge is -2.05. The molecule has 3 N–H and O–H groups in total. The van der Waals surface area contributed by atoms with Gasteiger partial charge in [0.2, 0.25) is 0 Å². The van der Waals surface area contributed by atoms with Gasteiger partial charge in [-0.25, -0.2) is 4.57 Å². The summed E-state index contributed by atoms with van der Waals surface area (Å²) in [6.45, 7) is 4.34. The van der Waals surface area contributed by atoms with E-state index in [1.807, 2.05) is 0 Å². The molecule has 0 radical (unpaired) electrons. The Balaban J connectivity index is 0. The highest BCUT2D eigenvalue weighted by Gasteiger charge is 2.12. The third kappa shape index (κ3) is 28.3. The van der Waals surface area contributed by atoms with Gasteiger partial charge in [-0.2, -0.15) is 0 Å². The first-order valence-electron chi connectivity index (χ1n) is 8.78. The van der Waals surface area contributed by atoms with Gasteiger partial charge in [0.15, 0.2) is 0 Å². The van der Waals surface area contributed by atoms with Crippen molar-refractivity contribution in [2.45, 2.75) is 90.9 Å². The predicted molar refractivity (Wildman–Crippen MR) is 91.8 cm³/mol. The summed E-state index contributed by atoms with van der Waals surface area (Å²) in [5.74, 6) is 0. The fourth-order valence-electron chi connectivity index (χ4n) is 2.13. The largest absolute Gasteiger partial charge is 0.469 e. The molecule has 0 rings (SSSR count). The molecule has 136 valence electrons. The fraction of sp³-hybridized carbons (Fsp3) is 1.00. The standard InChI is InChI=1S/C14H31O4P.C2H6O/c1-2-3-4-5-6-7-8-9-10-11-12-13-14-18-19(15,16)17;1-2-3/h2-14H2,1H3,(H2,15,16,17);3H,2H2,1H3. The molecule has 0 amide bonds. The molecule has 6 heteroatoms. The Labute approximate surface area is 136 Å². The van der Waals surface area contributed by atoms with Crippen LogP contribution in [0.4, 0.5) is 0 Å². The highest BCUT2D eigenvalue weighted by Crippen LogP contribution is 2.35. The second-order valence-corrected chi connectivity index (χ2v) is 6.77. The van der Waals surface area contributed by atoms with Crippen molar-refractivity contribution in [3.05, 3.63) is 0 Å². The van der Waals surface area contributed by atoms with Gasteiger partial charge in [0, 0.05) is 6.61 Å². The van der Waals surface area contributed by atoms with E-state index in [9.17, 15) is 4.57 Å². The Bertz CT molecular complexity index is 243. The second kappa shape index (κ2) is 19.1. The first kappa shape index (κ1) is 24.3. The summed E-state index contributed by atoms with van der Waals surface area (Å²) >= 11 is 0. The summed E-state index contributed by atoms with van der Waals surface area (Å²) in [6, 6.07) is 0. The maximum Gasteiger partial charge on any atom is 0.469 e. The van der Waals surface area contributed by atoms with E-state index in [1.54, 1.807) is 6.92 Å². The van der Waals surface area contributed by atoms with Crippen LogP contribution < -0.4 is 0 Å². The number of unbranched alkanes of at least 4 members (excludes halogenated alkanes) is 11. The van der Waals surface area contributed by atoms with E-state index in [4.69, 9.17) is 14.9 Å². The molecule has 5 nitrogen and oxygen atoms in total. The molecule has 0 fully saturated rings. The van der Waals surface area contributed by atoms with Crippen LogP contribution >= 0.6 is 7.82 Å². The number of rotatable bonds is 14. The first-order valence-corrected chi connectivity index (χ1v) is 10.3. The Morgan fingerprint density at radius 2 is 1.05 bits per heavy atom. The van der Waals surface area contributed by atoms with Crippen molar-refractivity contribution in [3.63, 3.8) is 0 Å². The predicted octanol–water partition coefficient (Wildman–Crippen LogP) is 4.80. The summed E-state index contributed by atoms with van der Waals surface area (Å²) in [5.41, 5.74) is 0. The smallest absolute Gasteiger partial charge is 0.397 e. The van der Waals surface area contributed by atoms with Crippen LogP contribution in [0.5, 0.6) is 0 Å². The van der Waals surface area contributed by atoms with E-state index in [0.29, 0.717) is 0 Å². The molecule has 0 aromatic heterocycles. The molecular weight excluding hydrogens is 303 g/mol. The third-order valence-electron chi connectivity index (χ3n) is 3.26. The number of phosphoric acid groups is 1. The van der Waals surface area contributed by atoms with Crippen molar-refractivity contribution < 1.29 is 24.0 Å². The molecule has 0 heterocycles. The Kier molecular flexibility index (Phi) is 21.1. The highest BCUT2D eigenvalue weighted by molar-refractivity contribution is 7.46. The second-order valence-electron chi connectivity index (χ2n) is 5.53. The van der Waals surface area contributed by atoms with Crippen molar-refractivity contribution >= 4 is 7.82 Å². The Morgan fingerprint density at radius 3 is 1.36 bits per heavy atom. The molecule has 0 bridgehead atoms. The van der Waals surface area contributed by atoms with E-state index in [0.717, 1.165) is 19.3 Å². The maximum atomic E-state index is 10.4. The van der Waals surface area contributed by atoms with E-state index in [2.05, 4.69) is 11.4 Å². The van der Waals surface area contributed by atoms with Crippen molar-refractivity contribution in [1.29, 1.82) is 0 Å². The number of hydrogen-bond donors (Lipinski definition) is 3. The van der Waals surface area contributed by atoms with Gasteiger partial charge in [-0.15, -0.1) is 0 Å². The van der Waals surface area contributed by atoms with Gasteiger partial charge in [-0.3, -0.25) is 4.52 Å². The monoisotopic (exact) mass is 340 g/mol. The first-order chi connectivity index (χ1) is 10.5. The number of phosphoric ester groups is 1. The van der Waals surface area contributed by atoms with Crippen LogP contribution in [0.1, 0.15) is 90.9 Å². The minimum absolute atomic E-state index is 0.168. The summed E-state index contributed by atoms with van der Waals surface area (Å²) in [6.07, 6.45) is 14.9. The Morgan fingerprint density at radius 1 is 0.727 bits per heavy atom. The molecule has 0 aromatic rings. The topological polar surface area (TPSA) is 87.0 Å². The molecule has 0 aromatic carbocycles. The molecule has 0 aliphatic carbocycles. The zero-order chi connectivity index (χ0) is 17.1. The molecule has 22 heavy (non-hydrogen) atoms. The molecule has 0 spiro atoms. The number of aliphatic hydroxyl groups excluding tert-OH is 1. The van der Waals surface area contributed by atoms with Crippen LogP contribution in [0.15, 0.2) is 0 Å². The van der Waals surface area contributed by atoms with Crippen molar-refractivity contribution in [3.8, 4) is 0 Å². The van der Waals surface area contributed by atoms with E-state index in [1.165, 1.54) is 57.8 Å². The summed E-state index contributed by atoms with van der Waals surface area (Å²) in [7, 11) is -4.25. The Hall–Kier alpha value is 0.0700. The van der Waals surface area contributed by atoms with Gasteiger partial charge < -0.3 is 14.9 Å². The molecule has 0 saturated carbocycles. The summed E-state index contributed by atoms with van der Waals surface area (Å²) in [4.78, 5) is 17.0. The lowest BCUT2D eigenvalue weighted by Crippen LogP contribution is -1.92. The quantitative estimate of drug-likeness (QED) is 0.312. The van der Waals surface area contributed by atoms with E-state index >= 15 is 0 Å². The normalized spacial score (nSPS) is 11.1. The molecule has 0 aliphatic heterocycles. The highest BCUT2D eigenvalue weighted by atomic mass is 31.2. The summed E-state index contributed by atoms with van der Waals surface area (Å²) < 4.78 is 14.8. The summed E-state index contributed by atoms with van der Waals surface area (Å²) in [5, 5.41) is 7.57. The van der Waals surface area contributed by atoms with Crippen LogP contribution in [-0.2, 0) is 9.09 Å². The fourth-order valence-corrected chi connectivity index (χ4v) is 2.49. The van der Waals surface area contributed by atoms with Crippen molar-refractivity contribution in [1.82, 2.24) is 0 Å². The zero-order valence-electron chi connectivity index (χ0n) is 14.5. The third-order valence-corrected chi connectivity index (χ3v) is 3.78. The van der Waals surface area contributed by atoms with E-state index in [-0.39, 0.29) is 13.2 Å². The molecule has 0 atom stereocenters. The van der Waals surface area contributed by atoms with Gasteiger partial charge >= 0.3 is 7.82 Å². The van der Waals surface area contributed by atoms with Crippen LogP contribution in [0.2, 0.25) is 0 Å². The van der Waals surface area contributed by atoms with Crippen molar-refractivity contribution in [2.24, 2.45) is 0 Å². The van der Waals surface area contributed by atoms with Gasteiger partial charge in [0.05, 0.1) is 6.61 Å². The lowest BCUT2D eigenvalue weighted by atomic mass is 10.1. The minimum Gasteiger partial charge on any atom is -0.397 e. The number of aliphatic hydroxyl groups is 1. The van der Waals surface area contributed by atoms with Gasteiger partial charge in [-0.1, -0.05) is 77.6 Å². The van der Waals surface area contributed by atoms with E-state index < -0.39 is 7.82 Å². The van der Waals surface area contributed by atoms with Gasteiger partial charge in [0.25, 0.3) is 0 Å². The average molecular weight is 340 g/mol. The molecule has 0 aliphatic rings. The van der Waals surface area contributed by atoms with Gasteiger partial charge in [-0.05, 0) is 13.3 Å². The maximum absolute atomic E-state index is 10.4. The SMILES string of the molecule is CCCCCCCCCCCCCCOP(=O)(O)O.CCO. The molecular formula is C16H37O5P. The molecule has 0 unspecified atom stereocenters. The van der Waals surface area contributed by atoms with Crippen LogP contribution in [0.3, 0.4) is 0 Å². The van der Waals surface area contributed by atoms with Crippen LogP contribution in [0.25, 0.3) is 0 Å².